The van der Waals surface area contributed by atoms with E-state index in [2.05, 4.69) is 20.8 Å². The van der Waals surface area contributed by atoms with Crippen molar-refractivity contribution in [2.24, 2.45) is 11.1 Å². The van der Waals surface area contributed by atoms with Crippen molar-refractivity contribution in [1.82, 2.24) is 0 Å². The van der Waals surface area contributed by atoms with Crippen LogP contribution in [0.2, 0.25) is 0 Å². The Morgan fingerprint density at radius 1 is 1.16 bits per heavy atom. The van der Waals surface area contributed by atoms with Gasteiger partial charge >= 0.3 is 0 Å². The Labute approximate surface area is 114 Å². The molecule has 1 aromatic carbocycles. The van der Waals surface area contributed by atoms with Crippen LogP contribution < -0.4 is 5.73 Å². The standard InChI is InChI=1S/C16H21NO2/c1-15(2,3)12-6-4-11(5-7-12)10-13(18)16(8-9-16)14(17)19/h4-7H,8-10H2,1-3H3,(H2,17,19). The van der Waals surface area contributed by atoms with E-state index in [1.807, 2.05) is 24.3 Å². The first-order valence-electron chi connectivity index (χ1n) is 6.68. The third-order valence-electron chi connectivity index (χ3n) is 3.94. The third-order valence-corrected chi connectivity index (χ3v) is 3.94. The second-order valence-electron chi connectivity index (χ2n) is 6.49. The van der Waals surface area contributed by atoms with Crippen LogP contribution in [0.1, 0.15) is 44.7 Å². The van der Waals surface area contributed by atoms with Crippen LogP contribution in [0.4, 0.5) is 0 Å². The maximum atomic E-state index is 12.1. The summed E-state index contributed by atoms with van der Waals surface area (Å²) in [6.45, 7) is 6.46. The molecule has 0 aliphatic heterocycles. The molecule has 0 radical (unpaired) electrons. The third kappa shape index (κ3) is 2.70. The average molecular weight is 259 g/mol. The first-order valence-corrected chi connectivity index (χ1v) is 6.68. The number of carbonyl (C=O) groups is 2. The Morgan fingerprint density at radius 3 is 2.05 bits per heavy atom. The number of carbonyl (C=O) groups excluding carboxylic acids is 2. The summed E-state index contributed by atoms with van der Waals surface area (Å²) < 4.78 is 0. The van der Waals surface area contributed by atoms with Crippen LogP contribution in [0.5, 0.6) is 0 Å². The predicted molar refractivity (Wildman–Crippen MR) is 74.7 cm³/mol. The van der Waals surface area contributed by atoms with Gasteiger partial charge in [0.15, 0.2) is 5.78 Å². The van der Waals surface area contributed by atoms with Crippen molar-refractivity contribution in [3.8, 4) is 0 Å². The molecule has 0 aromatic heterocycles. The highest BCUT2D eigenvalue weighted by atomic mass is 16.2. The summed E-state index contributed by atoms with van der Waals surface area (Å²) >= 11 is 0. The number of ketones is 1. The Morgan fingerprint density at radius 2 is 1.68 bits per heavy atom. The molecule has 0 heterocycles. The summed E-state index contributed by atoms with van der Waals surface area (Å²) in [5.74, 6) is -0.507. The van der Waals surface area contributed by atoms with E-state index < -0.39 is 11.3 Å². The highest BCUT2D eigenvalue weighted by Crippen LogP contribution is 2.46. The molecule has 0 bridgehead atoms. The molecule has 1 amide bonds. The molecular formula is C16H21NO2. The zero-order chi connectivity index (χ0) is 14.3. The number of Topliss-reactive ketones (excluding diaryl/α,β-unsaturated/α-hetero) is 1. The Bertz CT molecular complexity index is 505. The molecule has 102 valence electrons. The molecule has 1 aliphatic rings. The van der Waals surface area contributed by atoms with Crippen LogP contribution in [0.15, 0.2) is 24.3 Å². The Kier molecular flexibility index (Phi) is 3.25. The summed E-state index contributed by atoms with van der Waals surface area (Å²) in [6, 6.07) is 8.03. The summed E-state index contributed by atoms with van der Waals surface area (Å²) in [7, 11) is 0. The van der Waals surface area contributed by atoms with E-state index in [0.717, 1.165) is 5.56 Å². The summed E-state index contributed by atoms with van der Waals surface area (Å²) in [5, 5.41) is 0. The monoisotopic (exact) mass is 259 g/mol. The predicted octanol–water partition coefficient (Wildman–Crippen LogP) is 2.36. The SMILES string of the molecule is CC(C)(C)c1ccc(CC(=O)C2(C(N)=O)CC2)cc1. The molecule has 1 aromatic rings. The average Bonchev–Trinajstić information content (AvgIpc) is 3.09. The van der Waals surface area contributed by atoms with Gasteiger partial charge in [-0.25, -0.2) is 0 Å². The van der Waals surface area contributed by atoms with Gasteiger partial charge in [-0.05, 0) is 29.4 Å². The van der Waals surface area contributed by atoms with Crippen molar-refractivity contribution in [1.29, 1.82) is 0 Å². The van der Waals surface area contributed by atoms with E-state index >= 15 is 0 Å². The van der Waals surface area contributed by atoms with Crippen molar-refractivity contribution in [3.05, 3.63) is 35.4 Å². The summed E-state index contributed by atoms with van der Waals surface area (Å²) in [5.41, 5.74) is 6.74. The smallest absolute Gasteiger partial charge is 0.231 e. The minimum absolute atomic E-state index is 0.0384. The zero-order valence-electron chi connectivity index (χ0n) is 11.8. The largest absolute Gasteiger partial charge is 0.369 e. The first-order chi connectivity index (χ1) is 8.75. The van der Waals surface area contributed by atoms with E-state index in [1.165, 1.54) is 5.56 Å². The van der Waals surface area contributed by atoms with Crippen LogP contribution in [0.25, 0.3) is 0 Å². The highest BCUT2D eigenvalue weighted by Gasteiger charge is 2.54. The minimum Gasteiger partial charge on any atom is -0.369 e. The topological polar surface area (TPSA) is 60.2 Å². The summed E-state index contributed by atoms with van der Waals surface area (Å²) in [6.07, 6.45) is 1.52. The van der Waals surface area contributed by atoms with Crippen molar-refractivity contribution in [3.63, 3.8) is 0 Å². The van der Waals surface area contributed by atoms with Gasteiger partial charge in [-0.2, -0.15) is 0 Å². The quantitative estimate of drug-likeness (QED) is 0.844. The number of primary amides is 1. The number of benzene rings is 1. The molecular weight excluding hydrogens is 238 g/mol. The second kappa shape index (κ2) is 4.48. The van der Waals surface area contributed by atoms with E-state index in [9.17, 15) is 9.59 Å². The Hall–Kier alpha value is -1.64. The molecule has 3 heteroatoms. The summed E-state index contributed by atoms with van der Waals surface area (Å²) in [4.78, 5) is 23.4. The van der Waals surface area contributed by atoms with Crippen LogP contribution in [-0.2, 0) is 21.4 Å². The van der Waals surface area contributed by atoms with Crippen molar-refractivity contribution >= 4 is 11.7 Å². The molecule has 0 spiro atoms. The van der Waals surface area contributed by atoms with E-state index in [0.29, 0.717) is 19.3 Å². The van der Waals surface area contributed by atoms with Gasteiger partial charge in [-0.3, -0.25) is 9.59 Å². The van der Waals surface area contributed by atoms with E-state index in [1.54, 1.807) is 0 Å². The molecule has 0 unspecified atom stereocenters. The van der Waals surface area contributed by atoms with Crippen LogP contribution >= 0.6 is 0 Å². The van der Waals surface area contributed by atoms with Gasteiger partial charge in [-0.1, -0.05) is 45.0 Å². The molecule has 2 N–H and O–H groups in total. The van der Waals surface area contributed by atoms with Crippen molar-refractivity contribution in [2.75, 3.05) is 0 Å². The number of hydrogen-bond acceptors (Lipinski definition) is 2. The lowest BCUT2D eigenvalue weighted by atomic mass is 9.86. The maximum absolute atomic E-state index is 12.1. The van der Waals surface area contributed by atoms with Gasteiger partial charge in [0, 0.05) is 6.42 Å². The first kappa shape index (κ1) is 13.8. The molecule has 0 saturated heterocycles. The molecule has 1 fully saturated rings. The van der Waals surface area contributed by atoms with Gasteiger partial charge < -0.3 is 5.73 Å². The molecule has 0 atom stereocenters. The van der Waals surface area contributed by atoms with Crippen LogP contribution in [-0.4, -0.2) is 11.7 Å². The van der Waals surface area contributed by atoms with Gasteiger partial charge in [0.25, 0.3) is 0 Å². The van der Waals surface area contributed by atoms with Crippen LogP contribution in [0.3, 0.4) is 0 Å². The lowest BCUT2D eigenvalue weighted by Gasteiger charge is -2.19. The number of nitrogens with two attached hydrogens (primary N) is 1. The molecule has 1 aliphatic carbocycles. The van der Waals surface area contributed by atoms with Crippen molar-refractivity contribution in [2.45, 2.75) is 45.4 Å². The zero-order valence-corrected chi connectivity index (χ0v) is 11.8. The molecule has 2 rings (SSSR count). The molecule has 1 saturated carbocycles. The van der Waals surface area contributed by atoms with E-state index in [-0.39, 0.29) is 11.2 Å². The fourth-order valence-electron chi connectivity index (χ4n) is 2.26. The van der Waals surface area contributed by atoms with Gasteiger partial charge in [0.05, 0.1) is 0 Å². The van der Waals surface area contributed by atoms with E-state index in [4.69, 9.17) is 5.73 Å². The lowest BCUT2D eigenvalue weighted by Crippen LogP contribution is -2.33. The van der Waals surface area contributed by atoms with Gasteiger partial charge in [-0.15, -0.1) is 0 Å². The van der Waals surface area contributed by atoms with Crippen LogP contribution in [0, 0.1) is 5.41 Å². The number of rotatable bonds is 4. The normalized spacial score (nSPS) is 17.0. The minimum atomic E-state index is -0.858. The van der Waals surface area contributed by atoms with Gasteiger partial charge in [0.1, 0.15) is 5.41 Å². The van der Waals surface area contributed by atoms with Gasteiger partial charge in [0.2, 0.25) is 5.91 Å². The number of hydrogen-bond donors (Lipinski definition) is 1. The maximum Gasteiger partial charge on any atom is 0.231 e. The highest BCUT2D eigenvalue weighted by molar-refractivity contribution is 6.08. The molecule has 3 nitrogen and oxygen atoms in total. The lowest BCUT2D eigenvalue weighted by molar-refractivity contribution is -0.133. The second-order valence-corrected chi connectivity index (χ2v) is 6.49. The number of amides is 1. The Balaban J connectivity index is 2.09. The molecule has 19 heavy (non-hydrogen) atoms. The van der Waals surface area contributed by atoms with Crippen molar-refractivity contribution < 1.29 is 9.59 Å². The fraction of sp³-hybridized carbons (Fsp3) is 0.500. The fourth-order valence-corrected chi connectivity index (χ4v) is 2.26.